The highest BCUT2D eigenvalue weighted by Crippen LogP contribution is 2.31. The van der Waals surface area contributed by atoms with E-state index in [4.69, 9.17) is 0 Å². The van der Waals surface area contributed by atoms with Crippen LogP contribution in [0.4, 0.5) is 5.13 Å². The molecule has 2 aliphatic heterocycles. The number of hydrogen-bond acceptors (Lipinski definition) is 6. The van der Waals surface area contributed by atoms with E-state index in [2.05, 4.69) is 19.7 Å². The lowest BCUT2D eigenvalue weighted by Gasteiger charge is -2.41. The van der Waals surface area contributed by atoms with Crippen molar-refractivity contribution in [2.24, 2.45) is 11.8 Å². The van der Waals surface area contributed by atoms with E-state index in [0.29, 0.717) is 19.1 Å². The van der Waals surface area contributed by atoms with E-state index in [0.717, 1.165) is 37.2 Å². The molecule has 0 spiro atoms. The van der Waals surface area contributed by atoms with E-state index in [9.17, 15) is 9.90 Å². The summed E-state index contributed by atoms with van der Waals surface area (Å²) in [6.45, 7) is 6.48. The Balaban J connectivity index is 1.50. The zero-order valence-corrected chi connectivity index (χ0v) is 14.1. The van der Waals surface area contributed by atoms with E-state index < -0.39 is 5.97 Å². The van der Waals surface area contributed by atoms with E-state index in [-0.39, 0.29) is 5.92 Å². The van der Waals surface area contributed by atoms with E-state index >= 15 is 0 Å². The summed E-state index contributed by atoms with van der Waals surface area (Å²) in [7, 11) is 0. The highest BCUT2D eigenvalue weighted by molar-refractivity contribution is 7.13. The molecule has 1 saturated carbocycles. The molecule has 1 aromatic rings. The Morgan fingerprint density at radius 3 is 2.83 bits per heavy atom. The summed E-state index contributed by atoms with van der Waals surface area (Å²) >= 11 is 1.60. The van der Waals surface area contributed by atoms with E-state index in [1.807, 2.05) is 5.38 Å². The van der Waals surface area contributed by atoms with Gasteiger partial charge in [0.1, 0.15) is 0 Å². The van der Waals surface area contributed by atoms with Gasteiger partial charge in [0, 0.05) is 63.4 Å². The van der Waals surface area contributed by atoms with Crippen molar-refractivity contribution in [2.75, 3.05) is 50.7 Å². The molecule has 3 fully saturated rings. The number of carboxylic acids is 1. The summed E-state index contributed by atoms with van der Waals surface area (Å²) in [6.07, 6.45) is 4.58. The van der Waals surface area contributed by atoms with Gasteiger partial charge in [0.2, 0.25) is 0 Å². The van der Waals surface area contributed by atoms with Gasteiger partial charge in [-0.2, -0.15) is 0 Å². The van der Waals surface area contributed by atoms with E-state index in [1.54, 1.807) is 17.5 Å². The Morgan fingerprint density at radius 1 is 1.26 bits per heavy atom. The number of aromatic nitrogens is 1. The van der Waals surface area contributed by atoms with Gasteiger partial charge in [-0.1, -0.05) is 0 Å². The first kappa shape index (κ1) is 15.4. The average Bonchev–Trinajstić information content (AvgIpc) is 3.22. The first-order valence-corrected chi connectivity index (χ1v) is 9.40. The molecule has 1 aliphatic carbocycles. The average molecular weight is 336 g/mol. The number of carboxylic acid groups (broad SMARTS) is 1. The second kappa shape index (κ2) is 6.37. The van der Waals surface area contributed by atoms with E-state index in [1.165, 1.54) is 19.4 Å². The Hall–Kier alpha value is -1.18. The summed E-state index contributed by atoms with van der Waals surface area (Å²) < 4.78 is 0. The van der Waals surface area contributed by atoms with Crippen molar-refractivity contribution in [1.29, 1.82) is 0 Å². The van der Waals surface area contributed by atoms with Crippen molar-refractivity contribution in [3.05, 3.63) is 11.6 Å². The van der Waals surface area contributed by atoms with Crippen LogP contribution in [0.3, 0.4) is 0 Å². The first-order chi connectivity index (χ1) is 11.2. The van der Waals surface area contributed by atoms with Crippen LogP contribution in [0.2, 0.25) is 0 Å². The van der Waals surface area contributed by atoms with Crippen LogP contribution in [0.25, 0.3) is 0 Å². The maximum absolute atomic E-state index is 11.6. The van der Waals surface area contributed by atoms with Gasteiger partial charge in [0.25, 0.3) is 0 Å². The van der Waals surface area contributed by atoms with Gasteiger partial charge in [-0.15, -0.1) is 11.3 Å². The second-order valence-corrected chi connectivity index (χ2v) is 7.98. The third-order valence-electron chi connectivity index (χ3n) is 5.27. The molecule has 0 radical (unpaired) electrons. The van der Waals surface area contributed by atoms with Crippen molar-refractivity contribution in [3.8, 4) is 0 Å². The molecule has 3 aliphatic rings. The molecule has 1 N–H and O–H groups in total. The number of aliphatic carboxylic acids is 1. The normalized spacial score (nSPS) is 30.0. The molecule has 23 heavy (non-hydrogen) atoms. The Labute approximate surface area is 140 Å². The van der Waals surface area contributed by atoms with Crippen LogP contribution in [0, 0.1) is 11.8 Å². The summed E-state index contributed by atoms with van der Waals surface area (Å²) in [4.78, 5) is 23.2. The maximum Gasteiger partial charge on any atom is 0.309 e. The number of carbonyl (C=O) groups is 1. The molecule has 2 saturated heterocycles. The molecule has 2 unspecified atom stereocenters. The van der Waals surface area contributed by atoms with Gasteiger partial charge in [0.15, 0.2) is 5.13 Å². The maximum atomic E-state index is 11.6. The summed E-state index contributed by atoms with van der Waals surface area (Å²) in [5.41, 5.74) is 0. The number of anilines is 1. The largest absolute Gasteiger partial charge is 0.481 e. The van der Waals surface area contributed by atoms with Crippen molar-refractivity contribution < 1.29 is 9.90 Å². The third kappa shape index (κ3) is 3.51. The third-order valence-corrected chi connectivity index (χ3v) is 6.10. The highest BCUT2D eigenvalue weighted by Gasteiger charge is 2.37. The van der Waals surface area contributed by atoms with Crippen LogP contribution in [0.5, 0.6) is 0 Å². The zero-order valence-electron chi connectivity index (χ0n) is 13.3. The minimum Gasteiger partial charge on any atom is -0.481 e. The van der Waals surface area contributed by atoms with Crippen molar-refractivity contribution in [1.82, 2.24) is 14.8 Å². The topological polar surface area (TPSA) is 59.9 Å². The molecule has 2 atom stereocenters. The quantitative estimate of drug-likeness (QED) is 0.887. The molecular weight excluding hydrogens is 312 g/mol. The minimum absolute atomic E-state index is 0.334. The zero-order chi connectivity index (χ0) is 15.8. The first-order valence-electron chi connectivity index (χ1n) is 8.52. The number of nitrogens with zero attached hydrogens (tertiary/aromatic N) is 4. The van der Waals surface area contributed by atoms with Crippen LogP contribution in [-0.4, -0.2) is 77.7 Å². The van der Waals surface area contributed by atoms with Crippen LogP contribution >= 0.6 is 11.3 Å². The Kier molecular flexibility index (Phi) is 4.26. The monoisotopic (exact) mass is 336 g/mol. The smallest absolute Gasteiger partial charge is 0.309 e. The van der Waals surface area contributed by atoms with Gasteiger partial charge >= 0.3 is 5.97 Å². The second-order valence-electron chi connectivity index (χ2n) is 7.11. The summed E-state index contributed by atoms with van der Waals surface area (Å²) in [5, 5.41) is 12.5. The number of thiazole rings is 1. The Morgan fingerprint density at radius 2 is 2.13 bits per heavy atom. The van der Waals surface area contributed by atoms with Crippen LogP contribution in [0.15, 0.2) is 11.6 Å². The lowest BCUT2D eigenvalue weighted by atomic mass is 10.1. The van der Waals surface area contributed by atoms with Crippen LogP contribution in [0.1, 0.15) is 12.8 Å². The number of fused-ring (bicyclic) bond motifs is 1. The number of hydrogen-bond donors (Lipinski definition) is 1. The predicted molar refractivity (Wildman–Crippen MR) is 90.0 cm³/mol. The molecule has 7 heteroatoms. The predicted octanol–water partition coefficient (Wildman–Crippen LogP) is 1.06. The molecule has 4 rings (SSSR count). The fraction of sp³-hybridized carbons (Fsp3) is 0.750. The molecule has 6 nitrogen and oxygen atoms in total. The lowest BCUT2D eigenvalue weighted by Crippen LogP contribution is -2.56. The van der Waals surface area contributed by atoms with Crippen molar-refractivity contribution in [3.63, 3.8) is 0 Å². The Bertz CT molecular complexity index is 548. The van der Waals surface area contributed by atoms with Gasteiger partial charge < -0.3 is 14.9 Å². The SMILES string of the molecule is O=C(O)C1CN(c2nccs2)CC2CN(CC3CC3)CCN2C1. The molecular formula is C16H24N4O2S. The van der Waals surface area contributed by atoms with Gasteiger partial charge in [-0.25, -0.2) is 4.98 Å². The lowest BCUT2D eigenvalue weighted by molar-refractivity contribution is -0.142. The molecule has 0 amide bonds. The van der Waals surface area contributed by atoms with Gasteiger partial charge in [-0.3, -0.25) is 9.69 Å². The van der Waals surface area contributed by atoms with Crippen LogP contribution < -0.4 is 4.90 Å². The number of rotatable bonds is 4. The van der Waals surface area contributed by atoms with Gasteiger partial charge in [0.05, 0.1) is 5.92 Å². The highest BCUT2D eigenvalue weighted by atomic mass is 32.1. The summed E-state index contributed by atoms with van der Waals surface area (Å²) in [5.74, 6) is -0.110. The molecule has 3 heterocycles. The molecule has 126 valence electrons. The van der Waals surface area contributed by atoms with Crippen molar-refractivity contribution in [2.45, 2.75) is 18.9 Å². The minimum atomic E-state index is -0.687. The summed E-state index contributed by atoms with van der Waals surface area (Å²) in [6, 6.07) is 0.413. The molecule has 0 aromatic carbocycles. The van der Waals surface area contributed by atoms with Crippen molar-refractivity contribution >= 4 is 22.4 Å². The molecule has 1 aromatic heterocycles. The fourth-order valence-electron chi connectivity index (χ4n) is 3.82. The molecule has 0 bridgehead atoms. The fourth-order valence-corrected chi connectivity index (χ4v) is 4.49. The standard InChI is InChI=1S/C16H24N4O2S/c21-15(22)13-8-19-5-4-18(7-12-1-2-12)10-14(19)11-20(9-13)16-17-3-6-23-16/h3,6,12-14H,1-2,4-5,7-11H2,(H,21,22). The number of piperazine rings is 1. The van der Waals surface area contributed by atoms with Crippen LogP contribution in [-0.2, 0) is 4.79 Å². The van der Waals surface area contributed by atoms with Gasteiger partial charge in [-0.05, 0) is 18.8 Å².